The third kappa shape index (κ3) is 6.60. The van der Waals surface area contributed by atoms with E-state index >= 15 is 0 Å². The molecule has 5 nitrogen and oxygen atoms in total. The number of halogens is 2. The molecule has 0 unspecified atom stereocenters. The summed E-state index contributed by atoms with van der Waals surface area (Å²) in [7, 11) is 1.64. The Balaban J connectivity index is 0.00000288. The number of benzene rings is 1. The summed E-state index contributed by atoms with van der Waals surface area (Å²) >= 11 is 5.98. The zero-order valence-electron chi connectivity index (χ0n) is 14.0. The quantitative estimate of drug-likeness (QED) is 0.376. The first-order chi connectivity index (χ1) is 11.2. The molecule has 132 valence electrons. The van der Waals surface area contributed by atoms with Gasteiger partial charge in [-0.3, -0.25) is 0 Å². The van der Waals surface area contributed by atoms with Crippen LogP contribution in [0, 0.1) is 0 Å². The Morgan fingerprint density at radius 1 is 1.25 bits per heavy atom. The summed E-state index contributed by atoms with van der Waals surface area (Å²) in [5.41, 5.74) is 1.000. The van der Waals surface area contributed by atoms with Crippen molar-refractivity contribution in [2.45, 2.75) is 20.0 Å². The number of methoxy groups -OCH3 is 1. The van der Waals surface area contributed by atoms with Crippen LogP contribution in [-0.2, 0) is 13.1 Å². The van der Waals surface area contributed by atoms with E-state index in [-0.39, 0.29) is 24.0 Å². The number of nitrogens with zero attached hydrogens (tertiary/aromatic N) is 2. The first kappa shape index (κ1) is 20.6. The van der Waals surface area contributed by atoms with Crippen LogP contribution in [0.25, 0.3) is 0 Å². The van der Waals surface area contributed by atoms with Crippen LogP contribution in [0.5, 0.6) is 5.75 Å². The van der Waals surface area contributed by atoms with Crippen molar-refractivity contribution in [3.05, 3.63) is 53.3 Å². The Bertz CT molecular complexity index is 632. The van der Waals surface area contributed by atoms with E-state index in [9.17, 15) is 0 Å². The van der Waals surface area contributed by atoms with E-state index in [1.807, 2.05) is 43.6 Å². The Kier molecular flexibility index (Phi) is 9.63. The molecule has 2 rings (SSSR count). The van der Waals surface area contributed by atoms with Crippen molar-refractivity contribution in [3.63, 3.8) is 0 Å². The van der Waals surface area contributed by atoms with Gasteiger partial charge in [0, 0.05) is 42.6 Å². The highest BCUT2D eigenvalue weighted by molar-refractivity contribution is 14.0. The summed E-state index contributed by atoms with van der Waals surface area (Å²) in [5.74, 6) is 1.54. The Hall–Kier alpha value is -1.41. The minimum absolute atomic E-state index is 0. The van der Waals surface area contributed by atoms with Gasteiger partial charge in [-0.05, 0) is 31.2 Å². The van der Waals surface area contributed by atoms with Crippen LogP contribution in [0.15, 0.2) is 47.7 Å². The number of guanidine groups is 1. The van der Waals surface area contributed by atoms with Crippen molar-refractivity contribution in [3.8, 4) is 5.75 Å². The molecule has 1 aromatic heterocycles. The number of aliphatic imine (C=N–C) groups is 1. The average molecular weight is 463 g/mol. The first-order valence-electron chi connectivity index (χ1n) is 7.68. The molecule has 0 aliphatic carbocycles. The van der Waals surface area contributed by atoms with E-state index in [2.05, 4.69) is 20.2 Å². The second kappa shape index (κ2) is 11.2. The van der Waals surface area contributed by atoms with Gasteiger partial charge < -0.3 is 19.9 Å². The van der Waals surface area contributed by atoms with Gasteiger partial charge in [0.1, 0.15) is 5.75 Å². The molecule has 2 N–H and O–H groups in total. The molecule has 0 fully saturated rings. The highest BCUT2D eigenvalue weighted by atomic mass is 127. The lowest BCUT2D eigenvalue weighted by molar-refractivity contribution is 0.410. The van der Waals surface area contributed by atoms with Crippen LogP contribution in [0.3, 0.4) is 0 Å². The zero-order valence-corrected chi connectivity index (χ0v) is 17.0. The molecular formula is C17H24ClIN4O. The average Bonchev–Trinajstić information content (AvgIpc) is 3.06. The molecule has 0 radical (unpaired) electrons. The van der Waals surface area contributed by atoms with Gasteiger partial charge in [0.2, 0.25) is 0 Å². The van der Waals surface area contributed by atoms with Gasteiger partial charge in [-0.1, -0.05) is 17.7 Å². The maximum Gasteiger partial charge on any atom is 0.191 e. The van der Waals surface area contributed by atoms with Gasteiger partial charge in [0.15, 0.2) is 5.96 Å². The number of hydrogen-bond donors (Lipinski definition) is 2. The van der Waals surface area contributed by atoms with Crippen molar-refractivity contribution in [1.29, 1.82) is 0 Å². The molecule has 7 heteroatoms. The molecule has 0 aliphatic rings. The summed E-state index contributed by atoms with van der Waals surface area (Å²) in [6.45, 7) is 5.08. The highest BCUT2D eigenvalue weighted by Crippen LogP contribution is 2.23. The number of ether oxygens (including phenoxy) is 1. The zero-order chi connectivity index (χ0) is 16.5. The topological polar surface area (TPSA) is 50.6 Å². The third-order valence-corrected chi connectivity index (χ3v) is 3.56. The first-order valence-corrected chi connectivity index (χ1v) is 8.06. The van der Waals surface area contributed by atoms with Crippen molar-refractivity contribution in [2.24, 2.45) is 4.99 Å². The van der Waals surface area contributed by atoms with Crippen LogP contribution in [0.2, 0.25) is 5.02 Å². The maximum absolute atomic E-state index is 5.98. The minimum atomic E-state index is 0. The molecule has 0 spiro atoms. The normalized spacial score (nSPS) is 10.9. The van der Waals surface area contributed by atoms with Crippen LogP contribution in [0.4, 0.5) is 0 Å². The van der Waals surface area contributed by atoms with E-state index < -0.39 is 0 Å². The van der Waals surface area contributed by atoms with Crippen molar-refractivity contribution < 1.29 is 4.74 Å². The second-order valence-corrected chi connectivity index (χ2v) is 5.44. The summed E-state index contributed by atoms with van der Waals surface area (Å²) < 4.78 is 7.47. The molecule has 1 aromatic carbocycles. The lowest BCUT2D eigenvalue weighted by Gasteiger charge is -2.12. The second-order valence-electron chi connectivity index (χ2n) is 5.00. The molecule has 0 saturated heterocycles. The fourth-order valence-electron chi connectivity index (χ4n) is 2.18. The van der Waals surface area contributed by atoms with Gasteiger partial charge in [-0.15, -0.1) is 24.0 Å². The molecule has 24 heavy (non-hydrogen) atoms. The number of aromatic nitrogens is 1. The smallest absolute Gasteiger partial charge is 0.191 e. The van der Waals surface area contributed by atoms with Crippen molar-refractivity contribution in [1.82, 2.24) is 15.2 Å². The van der Waals surface area contributed by atoms with Gasteiger partial charge >= 0.3 is 0 Å². The SMILES string of the molecule is CCNC(=NCc1ccc(Cl)cc1OC)NCCn1cccc1.I. The fourth-order valence-corrected chi connectivity index (χ4v) is 2.34. The van der Waals surface area contributed by atoms with E-state index in [1.54, 1.807) is 13.2 Å². The van der Waals surface area contributed by atoms with E-state index in [4.69, 9.17) is 16.3 Å². The summed E-state index contributed by atoms with van der Waals surface area (Å²) in [4.78, 5) is 4.60. The largest absolute Gasteiger partial charge is 0.496 e. The third-order valence-electron chi connectivity index (χ3n) is 3.33. The lowest BCUT2D eigenvalue weighted by atomic mass is 10.2. The summed E-state index contributed by atoms with van der Waals surface area (Å²) in [5, 5.41) is 7.23. The molecular weight excluding hydrogens is 439 g/mol. The van der Waals surface area contributed by atoms with Crippen molar-refractivity contribution >= 4 is 41.5 Å². The van der Waals surface area contributed by atoms with Crippen LogP contribution in [0.1, 0.15) is 12.5 Å². The Morgan fingerprint density at radius 3 is 2.67 bits per heavy atom. The van der Waals surface area contributed by atoms with Gasteiger partial charge in [0.05, 0.1) is 13.7 Å². The van der Waals surface area contributed by atoms with Crippen molar-refractivity contribution in [2.75, 3.05) is 20.2 Å². The van der Waals surface area contributed by atoms with Crippen LogP contribution < -0.4 is 15.4 Å². The molecule has 0 amide bonds. The standard InChI is InChI=1S/C17H23ClN4O.HI/c1-3-19-17(20-8-11-22-9-4-5-10-22)21-13-14-6-7-15(18)12-16(14)23-2;/h4-7,9-10,12H,3,8,11,13H2,1-2H3,(H2,19,20,21);1H. The number of nitrogens with one attached hydrogen (secondary N) is 2. The molecule has 0 atom stereocenters. The van der Waals surface area contributed by atoms with E-state index in [0.717, 1.165) is 36.9 Å². The van der Waals surface area contributed by atoms with E-state index in [0.29, 0.717) is 11.6 Å². The van der Waals surface area contributed by atoms with Crippen LogP contribution in [-0.4, -0.2) is 30.7 Å². The maximum atomic E-state index is 5.98. The molecule has 2 aromatic rings. The lowest BCUT2D eigenvalue weighted by Crippen LogP contribution is -2.38. The van der Waals surface area contributed by atoms with Gasteiger partial charge in [0.25, 0.3) is 0 Å². The molecule has 1 heterocycles. The Morgan fingerprint density at radius 2 is 2.00 bits per heavy atom. The molecule has 0 saturated carbocycles. The summed E-state index contributed by atoms with van der Waals surface area (Å²) in [6.07, 6.45) is 4.09. The minimum Gasteiger partial charge on any atom is -0.496 e. The van der Waals surface area contributed by atoms with E-state index in [1.165, 1.54) is 0 Å². The predicted octanol–water partition coefficient (Wildman–Crippen LogP) is 3.52. The molecule has 0 bridgehead atoms. The predicted molar refractivity (Wildman–Crippen MR) is 111 cm³/mol. The van der Waals surface area contributed by atoms with Crippen LogP contribution >= 0.6 is 35.6 Å². The van der Waals surface area contributed by atoms with Gasteiger partial charge in [-0.2, -0.15) is 0 Å². The Labute approximate surface area is 165 Å². The fraction of sp³-hybridized carbons (Fsp3) is 0.353. The number of rotatable bonds is 7. The summed E-state index contributed by atoms with van der Waals surface area (Å²) in [6, 6.07) is 9.63. The molecule has 0 aliphatic heterocycles. The number of hydrogen-bond acceptors (Lipinski definition) is 2. The highest BCUT2D eigenvalue weighted by Gasteiger charge is 2.04. The van der Waals surface area contributed by atoms with Gasteiger partial charge in [-0.25, -0.2) is 4.99 Å². The monoisotopic (exact) mass is 462 g/mol.